The highest BCUT2D eigenvalue weighted by molar-refractivity contribution is 5.77. The number of aromatic nitrogens is 4. The van der Waals surface area contributed by atoms with E-state index in [4.69, 9.17) is 9.72 Å². The average Bonchev–Trinajstić information content (AvgIpc) is 3.43. The summed E-state index contributed by atoms with van der Waals surface area (Å²) in [5, 5.41) is 0. The van der Waals surface area contributed by atoms with E-state index >= 15 is 0 Å². The second kappa shape index (κ2) is 9.21. The van der Waals surface area contributed by atoms with Crippen LogP contribution < -0.4 is 20.9 Å². The molecule has 0 aliphatic carbocycles. The van der Waals surface area contributed by atoms with Crippen LogP contribution in [0, 0.1) is 0 Å². The fraction of sp³-hybridized carbons (Fsp3) is 0.346. The number of anilines is 2. The standard InChI is InChI=1S/C26H29N5O3/c1-3-4-5-9-16-31-24(32)22-23(28(2)26(31)33)27-25-29(17-18-30(22)25)19-12-14-21(15-13-19)34-20-10-7-6-8-11-20/h6-8,10-15H,3-5,9,16-18H2,1-2H3. The van der Waals surface area contributed by atoms with Gasteiger partial charge in [-0.05, 0) is 42.8 Å². The first-order valence-corrected chi connectivity index (χ1v) is 11.9. The van der Waals surface area contributed by atoms with E-state index in [0.717, 1.165) is 42.9 Å². The molecule has 2 aromatic carbocycles. The highest BCUT2D eigenvalue weighted by Gasteiger charge is 2.28. The summed E-state index contributed by atoms with van der Waals surface area (Å²) in [5.74, 6) is 2.21. The van der Waals surface area contributed by atoms with Crippen molar-refractivity contribution in [1.29, 1.82) is 0 Å². The van der Waals surface area contributed by atoms with Gasteiger partial charge in [-0.1, -0.05) is 44.4 Å². The molecule has 5 rings (SSSR count). The van der Waals surface area contributed by atoms with E-state index in [2.05, 4.69) is 11.8 Å². The molecule has 0 N–H and O–H groups in total. The highest BCUT2D eigenvalue weighted by atomic mass is 16.5. The van der Waals surface area contributed by atoms with Gasteiger partial charge in [-0.15, -0.1) is 0 Å². The van der Waals surface area contributed by atoms with E-state index < -0.39 is 0 Å². The van der Waals surface area contributed by atoms with Crippen LogP contribution in [0.5, 0.6) is 11.5 Å². The molecule has 34 heavy (non-hydrogen) atoms. The molecule has 0 bridgehead atoms. The molecule has 176 valence electrons. The van der Waals surface area contributed by atoms with E-state index in [-0.39, 0.29) is 11.2 Å². The van der Waals surface area contributed by atoms with Gasteiger partial charge in [0, 0.05) is 32.4 Å². The smallest absolute Gasteiger partial charge is 0.332 e. The highest BCUT2D eigenvalue weighted by Crippen LogP contribution is 2.33. The molecule has 0 radical (unpaired) electrons. The number of hydrogen-bond acceptors (Lipinski definition) is 5. The van der Waals surface area contributed by atoms with E-state index in [1.165, 1.54) is 9.13 Å². The third-order valence-electron chi connectivity index (χ3n) is 6.36. The summed E-state index contributed by atoms with van der Waals surface area (Å²) in [7, 11) is 1.69. The zero-order valence-corrected chi connectivity index (χ0v) is 19.6. The minimum atomic E-state index is -0.306. The lowest BCUT2D eigenvalue weighted by Crippen LogP contribution is -2.39. The minimum absolute atomic E-state index is 0.248. The van der Waals surface area contributed by atoms with Crippen LogP contribution in [-0.4, -0.2) is 25.2 Å². The molecule has 2 aromatic heterocycles. The van der Waals surface area contributed by atoms with E-state index in [1.807, 2.05) is 59.2 Å². The molecule has 8 heteroatoms. The van der Waals surface area contributed by atoms with Gasteiger partial charge in [-0.25, -0.2) is 4.79 Å². The van der Waals surface area contributed by atoms with E-state index in [9.17, 15) is 9.59 Å². The zero-order valence-electron chi connectivity index (χ0n) is 19.6. The predicted molar refractivity (Wildman–Crippen MR) is 133 cm³/mol. The average molecular weight is 460 g/mol. The Morgan fingerprint density at radius 3 is 2.38 bits per heavy atom. The maximum Gasteiger partial charge on any atom is 0.332 e. The van der Waals surface area contributed by atoms with Crippen LogP contribution in [0.25, 0.3) is 11.2 Å². The third-order valence-corrected chi connectivity index (χ3v) is 6.36. The number of aryl methyl sites for hydroxylation is 1. The van der Waals surface area contributed by atoms with E-state index in [0.29, 0.717) is 36.7 Å². The second-order valence-corrected chi connectivity index (χ2v) is 8.66. The summed E-state index contributed by atoms with van der Waals surface area (Å²) in [6.45, 7) is 3.92. The first-order chi connectivity index (χ1) is 16.6. The lowest BCUT2D eigenvalue weighted by molar-refractivity contribution is 0.482. The summed E-state index contributed by atoms with van der Waals surface area (Å²) in [6.07, 6.45) is 4.03. The maximum atomic E-state index is 13.3. The summed E-state index contributed by atoms with van der Waals surface area (Å²) in [5.41, 5.74) is 1.34. The van der Waals surface area contributed by atoms with E-state index in [1.54, 1.807) is 7.05 Å². The zero-order chi connectivity index (χ0) is 23.7. The Kier molecular flexibility index (Phi) is 5.96. The lowest BCUT2D eigenvalue weighted by atomic mass is 10.2. The first-order valence-electron chi connectivity index (χ1n) is 11.9. The van der Waals surface area contributed by atoms with Gasteiger partial charge in [-0.2, -0.15) is 4.98 Å². The van der Waals surface area contributed by atoms with Gasteiger partial charge in [0.15, 0.2) is 11.2 Å². The van der Waals surface area contributed by atoms with Crippen molar-refractivity contribution in [3.8, 4) is 11.5 Å². The molecule has 0 atom stereocenters. The largest absolute Gasteiger partial charge is 0.457 e. The van der Waals surface area contributed by atoms with Crippen molar-refractivity contribution < 1.29 is 4.74 Å². The van der Waals surface area contributed by atoms with Crippen LogP contribution >= 0.6 is 0 Å². The van der Waals surface area contributed by atoms with Crippen LogP contribution in [-0.2, 0) is 20.1 Å². The van der Waals surface area contributed by atoms with Gasteiger partial charge in [0.25, 0.3) is 5.56 Å². The quantitative estimate of drug-likeness (QED) is 0.365. The number of hydrogen-bond donors (Lipinski definition) is 0. The van der Waals surface area contributed by atoms with Crippen molar-refractivity contribution >= 4 is 22.8 Å². The van der Waals surface area contributed by atoms with Crippen LogP contribution in [0.1, 0.15) is 32.6 Å². The molecule has 0 spiro atoms. The molecule has 1 aliphatic heterocycles. The summed E-state index contributed by atoms with van der Waals surface area (Å²) in [6, 6.07) is 17.5. The molecular formula is C26H29N5O3. The van der Waals surface area contributed by atoms with Gasteiger partial charge >= 0.3 is 5.69 Å². The van der Waals surface area contributed by atoms with Gasteiger partial charge < -0.3 is 14.2 Å². The first kappa shape index (κ1) is 22.0. The molecule has 4 aromatic rings. The minimum Gasteiger partial charge on any atom is -0.457 e. The van der Waals surface area contributed by atoms with Crippen molar-refractivity contribution in [3.05, 3.63) is 75.4 Å². The number of imidazole rings is 1. The van der Waals surface area contributed by atoms with Crippen LogP contribution in [0.3, 0.4) is 0 Å². The Morgan fingerprint density at radius 2 is 1.65 bits per heavy atom. The second-order valence-electron chi connectivity index (χ2n) is 8.66. The van der Waals surface area contributed by atoms with Crippen molar-refractivity contribution in [3.63, 3.8) is 0 Å². The van der Waals surface area contributed by atoms with Crippen LogP contribution in [0.2, 0.25) is 0 Å². The van der Waals surface area contributed by atoms with Gasteiger partial charge in [0.05, 0.1) is 0 Å². The lowest BCUT2D eigenvalue weighted by Gasteiger charge is -2.16. The Balaban J connectivity index is 1.45. The molecule has 0 amide bonds. The van der Waals surface area contributed by atoms with Crippen LogP contribution in [0.4, 0.5) is 11.6 Å². The van der Waals surface area contributed by atoms with Gasteiger partial charge in [0.2, 0.25) is 5.95 Å². The molecule has 1 aliphatic rings. The molecule has 8 nitrogen and oxygen atoms in total. The number of rotatable bonds is 8. The predicted octanol–water partition coefficient (Wildman–Crippen LogP) is 4.42. The summed E-state index contributed by atoms with van der Waals surface area (Å²) >= 11 is 0. The monoisotopic (exact) mass is 459 g/mol. The van der Waals surface area contributed by atoms with Crippen molar-refractivity contribution in [2.24, 2.45) is 7.05 Å². The summed E-state index contributed by atoms with van der Waals surface area (Å²) < 4.78 is 10.7. The molecule has 0 saturated carbocycles. The van der Waals surface area contributed by atoms with Crippen molar-refractivity contribution in [2.45, 2.75) is 45.7 Å². The molecule has 0 fully saturated rings. The number of para-hydroxylation sites is 1. The molecule has 0 unspecified atom stereocenters. The Hall–Kier alpha value is -3.81. The topological polar surface area (TPSA) is 74.3 Å². The number of benzene rings is 2. The maximum absolute atomic E-state index is 13.3. The Labute approximate surface area is 197 Å². The van der Waals surface area contributed by atoms with Gasteiger partial charge in [0.1, 0.15) is 11.5 Å². The fourth-order valence-electron chi connectivity index (χ4n) is 4.54. The number of nitrogens with zero attached hydrogens (tertiary/aromatic N) is 5. The summed E-state index contributed by atoms with van der Waals surface area (Å²) in [4.78, 5) is 33.0. The van der Waals surface area contributed by atoms with Crippen molar-refractivity contribution in [1.82, 2.24) is 18.7 Å². The normalized spacial score (nSPS) is 12.9. The fourth-order valence-corrected chi connectivity index (χ4v) is 4.54. The van der Waals surface area contributed by atoms with Crippen molar-refractivity contribution in [2.75, 3.05) is 11.4 Å². The molecular weight excluding hydrogens is 430 g/mol. The SMILES string of the molecule is CCCCCCn1c(=O)c2c(nc3n2CCN3c2ccc(Oc3ccccc3)cc2)n(C)c1=O. The number of fused-ring (bicyclic) bond motifs is 3. The van der Waals surface area contributed by atoms with Crippen LogP contribution in [0.15, 0.2) is 64.2 Å². The number of ether oxygens (including phenoxy) is 1. The Morgan fingerprint density at radius 1 is 0.912 bits per heavy atom. The molecule has 0 saturated heterocycles. The molecule has 3 heterocycles. The number of unbranched alkanes of at least 4 members (excludes halogenated alkanes) is 3. The Bertz CT molecular complexity index is 1420. The van der Waals surface area contributed by atoms with Gasteiger partial charge in [-0.3, -0.25) is 13.9 Å². The third kappa shape index (κ3) is 3.89.